The molecule has 0 radical (unpaired) electrons. The smallest absolute Gasteiger partial charge is 0.148 e. The fourth-order valence-electron chi connectivity index (χ4n) is 2.78. The SMILES string of the molecule is C#CCOc1ccc2ccccc2c1/C=C(\C#N)c1ccc(C(=O)[O-])cc1. The first kappa shape index (κ1) is 17.8. The molecule has 3 aromatic rings. The van der Waals surface area contributed by atoms with Gasteiger partial charge in [-0.25, -0.2) is 0 Å². The zero-order valence-corrected chi connectivity index (χ0v) is 14.3. The highest BCUT2D eigenvalue weighted by Gasteiger charge is 2.10. The Labute approximate surface area is 156 Å². The molecule has 27 heavy (non-hydrogen) atoms. The molecule has 0 fully saturated rings. The first-order chi connectivity index (χ1) is 13.1. The highest BCUT2D eigenvalue weighted by Crippen LogP contribution is 2.32. The maximum absolute atomic E-state index is 10.9. The molecule has 3 rings (SSSR count). The molecule has 0 saturated heterocycles. The molecule has 3 aromatic carbocycles. The van der Waals surface area contributed by atoms with Crippen LogP contribution in [0.5, 0.6) is 5.75 Å². The number of hydrogen-bond acceptors (Lipinski definition) is 4. The Morgan fingerprint density at radius 1 is 1.07 bits per heavy atom. The van der Waals surface area contributed by atoms with E-state index in [4.69, 9.17) is 11.2 Å². The highest BCUT2D eigenvalue weighted by molar-refractivity contribution is 6.00. The van der Waals surface area contributed by atoms with Crippen molar-refractivity contribution in [2.45, 2.75) is 0 Å². The van der Waals surface area contributed by atoms with Gasteiger partial charge in [0, 0.05) is 5.56 Å². The number of allylic oxidation sites excluding steroid dienone is 1. The summed E-state index contributed by atoms with van der Waals surface area (Å²) in [5.41, 5.74) is 1.77. The molecule has 0 atom stereocenters. The third-order valence-electron chi connectivity index (χ3n) is 4.08. The molecule has 130 valence electrons. The van der Waals surface area contributed by atoms with E-state index in [-0.39, 0.29) is 12.2 Å². The Morgan fingerprint density at radius 3 is 2.44 bits per heavy atom. The second-order valence-electron chi connectivity index (χ2n) is 5.73. The maximum Gasteiger partial charge on any atom is 0.148 e. The van der Waals surface area contributed by atoms with E-state index in [0.29, 0.717) is 16.9 Å². The van der Waals surface area contributed by atoms with Gasteiger partial charge in [0.25, 0.3) is 0 Å². The summed E-state index contributed by atoms with van der Waals surface area (Å²) in [5.74, 6) is 1.75. The molecule has 4 nitrogen and oxygen atoms in total. The second-order valence-corrected chi connectivity index (χ2v) is 5.73. The van der Waals surface area contributed by atoms with Crippen LogP contribution in [-0.2, 0) is 0 Å². The molecule has 0 aliphatic rings. The minimum atomic E-state index is -1.26. The number of hydrogen-bond donors (Lipinski definition) is 0. The van der Waals surface area contributed by atoms with Crippen LogP contribution in [0.1, 0.15) is 21.5 Å². The lowest BCUT2D eigenvalue weighted by Gasteiger charge is -2.11. The number of ether oxygens (including phenoxy) is 1. The monoisotopic (exact) mass is 352 g/mol. The number of carboxylic acid groups (broad SMARTS) is 1. The summed E-state index contributed by atoms with van der Waals surface area (Å²) in [7, 11) is 0. The van der Waals surface area contributed by atoms with Gasteiger partial charge in [0.15, 0.2) is 0 Å². The number of carboxylic acids is 1. The van der Waals surface area contributed by atoms with Gasteiger partial charge in [-0.15, -0.1) is 6.42 Å². The van der Waals surface area contributed by atoms with Crippen LogP contribution < -0.4 is 9.84 Å². The minimum Gasteiger partial charge on any atom is -0.545 e. The second kappa shape index (κ2) is 7.91. The minimum absolute atomic E-state index is 0.0549. The van der Waals surface area contributed by atoms with Gasteiger partial charge >= 0.3 is 0 Å². The van der Waals surface area contributed by atoms with Crippen LogP contribution in [0.25, 0.3) is 22.4 Å². The standard InChI is InChI=1S/C23H15NO3/c1-2-13-27-22-12-11-17-5-3-4-6-20(17)21(22)14-19(15-24)16-7-9-18(10-8-16)23(25)26/h1,3-12,14H,13H2,(H,25,26)/p-1/b19-14+. The average Bonchev–Trinajstić information content (AvgIpc) is 2.71. The zero-order valence-electron chi connectivity index (χ0n) is 14.3. The van der Waals surface area contributed by atoms with Crippen molar-refractivity contribution in [2.75, 3.05) is 6.61 Å². The number of rotatable bonds is 5. The molecule has 0 bridgehead atoms. The largest absolute Gasteiger partial charge is 0.545 e. The van der Waals surface area contributed by atoms with Crippen LogP contribution in [0, 0.1) is 23.7 Å². The Hall–Kier alpha value is -4.02. The van der Waals surface area contributed by atoms with Crippen LogP contribution in [-0.4, -0.2) is 12.6 Å². The van der Waals surface area contributed by atoms with E-state index in [1.807, 2.05) is 36.4 Å². The molecule has 0 amide bonds. The molecule has 0 unspecified atom stereocenters. The van der Waals surface area contributed by atoms with E-state index >= 15 is 0 Å². The zero-order chi connectivity index (χ0) is 19.2. The molecule has 0 spiro atoms. The van der Waals surface area contributed by atoms with E-state index in [0.717, 1.165) is 16.3 Å². The third kappa shape index (κ3) is 3.81. The molecular weight excluding hydrogens is 338 g/mol. The van der Waals surface area contributed by atoms with Crippen molar-refractivity contribution in [1.29, 1.82) is 5.26 Å². The van der Waals surface area contributed by atoms with Crippen LogP contribution in [0.3, 0.4) is 0 Å². The first-order valence-electron chi connectivity index (χ1n) is 8.15. The van der Waals surface area contributed by atoms with Gasteiger partial charge in [-0.2, -0.15) is 5.26 Å². The van der Waals surface area contributed by atoms with E-state index < -0.39 is 5.97 Å². The lowest BCUT2D eigenvalue weighted by Crippen LogP contribution is -2.21. The summed E-state index contributed by atoms with van der Waals surface area (Å²) in [6, 6.07) is 19.6. The van der Waals surface area contributed by atoms with Crippen molar-refractivity contribution in [3.63, 3.8) is 0 Å². The van der Waals surface area contributed by atoms with Gasteiger partial charge < -0.3 is 14.6 Å². The van der Waals surface area contributed by atoms with E-state index in [9.17, 15) is 15.2 Å². The number of terminal acetylenes is 1. The fourth-order valence-corrected chi connectivity index (χ4v) is 2.78. The summed E-state index contributed by atoms with van der Waals surface area (Å²) < 4.78 is 5.65. The Morgan fingerprint density at radius 2 is 1.78 bits per heavy atom. The normalized spacial score (nSPS) is 10.8. The topological polar surface area (TPSA) is 73.1 Å². The van der Waals surface area contributed by atoms with Crippen molar-refractivity contribution >= 4 is 28.4 Å². The van der Waals surface area contributed by atoms with Crippen molar-refractivity contribution in [2.24, 2.45) is 0 Å². The molecule has 0 heterocycles. The van der Waals surface area contributed by atoms with Gasteiger partial charge in [-0.3, -0.25) is 0 Å². The number of carbonyl (C=O) groups is 1. The lowest BCUT2D eigenvalue weighted by molar-refractivity contribution is -0.255. The van der Waals surface area contributed by atoms with Gasteiger partial charge in [-0.1, -0.05) is 60.5 Å². The predicted octanol–water partition coefficient (Wildman–Crippen LogP) is 3.28. The van der Waals surface area contributed by atoms with Gasteiger partial charge in [-0.05, 0) is 34.0 Å². The highest BCUT2D eigenvalue weighted by atomic mass is 16.5. The number of nitriles is 1. The Kier molecular flexibility index (Phi) is 5.21. The number of carbonyl (C=O) groups excluding carboxylic acids is 1. The average molecular weight is 352 g/mol. The summed E-state index contributed by atoms with van der Waals surface area (Å²) in [6.07, 6.45) is 7.02. The van der Waals surface area contributed by atoms with Crippen LogP contribution in [0.2, 0.25) is 0 Å². The summed E-state index contributed by atoms with van der Waals surface area (Å²) in [4.78, 5) is 10.9. The molecular formula is C23H14NO3-. The fraction of sp³-hybridized carbons (Fsp3) is 0.0435. The molecule has 0 aliphatic heterocycles. The molecule has 0 N–H and O–H groups in total. The van der Waals surface area contributed by atoms with Gasteiger partial charge in [0.05, 0.1) is 17.6 Å². The summed E-state index contributed by atoms with van der Waals surface area (Å²) in [6.45, 7) is 0.112. The Bertz CT molecular complexity index is 1110. The molecule has 4 heteroatoms. The van der Waals surface area contributed by atoms with Crippen LogP contribution >= 0.6 is 0 Å². The van der Waals surface area contributed by atoms with Crippen molar-refractivity contribution < 1.29 is 14.6 Å². The van der Waals surface area contributed by atoms with Gasteiger partial charge in [0.1, 0.15) is 12.4 Å². The van der Waals surface area contributed by atoms with E-state index in [2.05, 4.69) is 12.0 Å². The lowest BCUT2D eigenvalue weighted by atomic mass is 9.98. The predicted molar refractivity (Wildman–Crippen MR) is 103 cm³/mol. The van der Waals surface area contributed by atoms with Crippen LogP contribution in [0.15, 0.2) is 60.7 Å². The van der Waals surface area contributed by atoms with Crippen molar-refractivity contribution in [1.82, 2.24) is 0 Å². The Balaban J connectivity index is 2.15. The summed E-state index contributed by atoms with van der Waals surface area (Å²) >= 11 is 0. The maximum atomic E-state index is 10.9. The number of nitrogens with zero attached hydrogens (tertiary/aromatic N) is 1. The first-order valence-corrected chi connectivity index (χ1v) is 8.15. The number of benzene rings is 3. The van der Waals surface area contributed by atoms with Crippen molar-refractivity contribution in [3.05, 3.63) is 77.4 Å². The van der Waals surface area contributed by atoms with Crippen molar-refractivity contribution in [3.8, 4) is 24.2 Å². The quantitative estimate of drug-likeness (QED) is 0.401. The number of aromatic carboxylic acids is 1. The molecule has 0 aromatic heterocycles. The number of fused-ring (bicyclic) bond motifs is 1. The van der Waals surface area contributed by atoms with Gasteiger partial charge in [0.2, 0.25) is 0 Å². The van der Waals surface area contributed by atoms with E-state index in [1.54, 1.807) is 18.2 Å². The van der Waals surface area contributed by atoms with Crippen LogP contribution in [0.4, 0.5) is 0 Å². The third-order valence-corrected chi connectivity index (χ3v) is 4.08. The summed E-state index contributed by atoms with van der Waals surface area (Å²) in [5, 5.41) is 22.5. The van der Waals surface area contributed by atoms with E-state index in [1.165, 1.54) is 12.1 Å². The molecule has 0 aliphatic carbocycles. The molecule has 0 saturated carbocycles.